The molecule has 57 heavy (non-hydrogen) atoms. The molecule has 6 aromatic rings. The van der Waals surface area contributed by atoms with Gasteiger partial charge < -0.3 is 10.4 Å². The number of nitrogens with one attached hydrogen (secondary N) is 1. The standard InChI is InChI=1S/C19H14Br2N2O2S.C17H17Br2N3O3.C4H3BrS/c20-13-3-7-15(8-4-13)22-12-19(25,17-2-1-11-26-17)23(18(22)24)16-9-5-14(21)6-10-16;1-21(25-2)16(23)11-22(15-9-5-13(19)6-10-15)17(24)20-14-7-3-12(18)4-8-14;5-4-2-1-3-6-4/h1-11,25H,12H2;3-10H,11H2,1-2H3,(H,20,24);1-3H. The number of nitrogens with zero attached hydrogens (tertiary/aromatic N) is 4. The van der Waals surface area contributed by atoms with Crippen LogP contribution in [0.3, 0.4) is 0 Å². The zero-order valence-corrected chi connectivity index (χ0v) is 39.8. The second kappa shape index (κ2) is 21.0. The third-order valence-electron chi connectivity index (χ3n) is 8.19. The predicted octanol–water partition coefficient (Wildman–Crippen LogP) is 12.3. The molecule has 1 atom stereocenters. The first-order valence-electron chi connectivity index (χ1n) is 16.8. The molecule has 0 saturated carbocycles. The minimum atomic E-state index is -1.42. The molecule has 4 aromatic carbocycles. The summed E-state index contributed by atoms with van der Waals surface area (Å²) < 4.78 is 4.84. The number of likely N-dealkylation sites (N-methyl/N-ethyl adjacent to an activating group) is 1. The molecule has 1 unspecified atom stereocenters. The molecule has 1 aliphatic rings. The van der Waals surface area contributed by atoms with Gasteiger partial charge in [0, 0.05) is 47.7 Å². The number of halogens is 5. The molecule has 10 nitrogen and oxygen atoms in total. The van der Waals surface area contributed by atoms with Gasteiger partial charge >= 0.3 is 12.1 Å². The fourth-order valence-corrected chi connectivity index (χ4v) is 8.07. The van der Waals surface area contributed by atoms with E-state index in [0.717, 1.165) is 33.5 Å². The summed E-state index contributed by atoms with van der Waals surface area (Å²) in [6, 6.07) is 36.3. The van der Waals surface area contributed by atoms with Gasteiger partial charge in [0.2, 0.25) is 0 Å². The zero-order chi connectivity index (χ0) is 41.1. The van der Waals surface area contributed by atoms with Crippen LogP contribution in [0.15, 0.2) is 154 Å². The van der Waals surface area contributed by atoms with Crippen LogP contribution in [0.4, 0.5) is 32.3 Å². The highest BCUT2D eigenvalue weighted by molar-refractivity contribution is 9.11. The molecule has 1 saturated heterocycles. The van der Waals surface area contributed by atoms with Crippen molar-refractivity contribution in [3.63, 3.8) is 0 Å². The Labute approximate surface area is 380 Å². The maximum absolute atomic E-state index is 13.3. The van der Waals surface area contributed by atoms with Crippen molar-refractivity contribution < 1.29 is 24.3 Å². The summed E-state index contributed by atoms with van der Waals surface area (Å²) >= 11 is 20.0. The molecule has 17 heteroatoms. The highest BCUT2D eigenvalue weighted by atomic mass is 79.9. The minimum absolute atomic E-state index is 0.157. The third kappa shape index (κ3) is 12.1. The van der Waals surface area contributed by atoms with E-state index in [0.29, 0.717) is 17.1 Å². The van der Waals surface area contributed by atoms with Crippen molar-refractivity contribution in [3.8, 4) is 0 Å². The summed E-state index contributed by atoms with van der Waals surface area (Å²) in [7, 11) is 2.89. The van der Waals surface area contributed by atoms with Crippen LogP contribution in [0, 0.1) is 0 Å². The van der Waals surface area contributed by atoms with E-state index in [2.05, 4.69) is 85.0 Å². The predicted molar refractivity (Wildman–Crippen MR) is 248 cm³/mol. The van der Waals surface area contributed by atoms with E-state index < -0.39 is 11.8 Å². The van der Waals surface area contributed by atoms with E-state index in [4.69, 9.17) is 4.84 Å². The van der Waals surface area contributed by atoms with Gasteiger partial charge in [-0.1, -0.05) is 75.9 Å². The van der Waals surface area contributed by atoms with E-state index in [1.807, 2.05) is 95.7 Å². The number of aliphatic hydroxyl groups is 1. The summed E-state index contributed by atoms with van der Waals surface area (Å²) in [4.78, 5) is 48.2. The van der Waals surface area contributed by atoms with Crippen molar-refractivity contribution in [3.05, 3.63) is 159 Å². The van der Waals surface area contributed by atoms with Gasteiger partial charge in [-0.15, -0.1) is 22.7 Å². The molecule has 0 radical (unpaired) electrons. The van der Waals surface area contributed by atoms with E-state index in [-0.39, 0.29) is 25.0 Å². The molecule has 0 spiro atoms. The quantitative estimate of drug-likeness (QED) is 0.148. The Morgan fingerprint density at radius 2 is 1.26 bits per heavy atom. The summed E-state index contributed by atoms with van der Waals surface area (Å²) in [5, 5.41) is 19.3. The molecule has 296 valence electrons. The second-order valence-corrected chi connectivity index (χ2v) is 18.9. The number of amides is 5. The Kier molecular flexibility index (Phi) is 16.5. The van der Waals surface area contributed by atoms with Crippen LogP contribution in [-0.4, -0.2) is 55.4 Å². The fraction of sp³-hybridized carbons (Fsp3) is 0.125. The van der Waals surface area contributed by atoms with Crippen molar-refractivity contribution in [2.24, 2.45) is 0 Å². The molecule has 1 fully saturated rings. The largest absolute Gasteiger partial charge is 0.364 e. The molecule has 5 amide bonds. The second-order valence-electron chi connectivity index (χ2n) is 11.9. The number of hydroxylamine groups is 2. The van der Waals surface area contributed by atoms with E-state index in [1.54, 1.807) is 52.6 Å². The average Bonchev–Trinajstić information content (AvgIpc) is 3.98. The first-order valence-corrected chi connectivity index (χ1v) is 22.5. The number of urea groups is 2. The number of hydrogen-bond donors (Lipinski definition) is 2. The van der Waals surface area contributed by atoms with E-state index in [1.165, 1.54) is 39.1 Å². The van der Waals surface area contributed by atoms with Crippen LogP contribution >= 0.6 is 102 Å². The van der Waals surface area contributed by atoms with Crippen LogP contribution < -0.4 is 20.0 Å². The maximum Gasteiger partial charge on any atom is 0.331 e. The normalized spacial score (nSPS) is 14.6. The van der Waals surface area contributed by atoms with Crippen LogP contribution in [0.5, 0.6) is 0 Å². The van der Waals surface area contributed by atoms with Crippen LogP contribution in [0.2, 0.25) is 0 Å². The molecule has 1 aliphatic heterocycles. The van der Waals surface area contributed by atoms with Gasteiger partial charge in [0.1, 0.15) is 6.54 Å². The van der Waals surface area contributed by atoms with Gasteiger partial charge in [0.25, 0.3) is 5.91 Å². The Morgan fingerprint density at radius 1 is 0.754 bits per heavy atom. The Bertz CT molecular complexity index is 2220. The number of rotatable bonds is 8. The summed E-state index contributed by atoms with van der Waals surface area (Å²) in [6.07, 6.45) is 0. The molecule has 0 aliphatic carbocycles. The maximum atomic E-state index is 13.3. The monoisotopic (exact) mass is 1120 g/mol. The lowest BCUT2D eigenvalue weighted by atomic mass is 10.1. The number of thiophene rings is 2. The Hall–Kier alpha value is -3.39. The summed E-state index contributed by atoms with van der Waals surface area (Å²) in [5.41, 5.74) is 1.19. The van der Waals surface area contributed by atoms with Crippen molar-refractivity contribution >= 4 is 143 Å². The van der Waals surface area contributed by atoms with Crippen molar-refractivity contribution in [1.82, 2.24) is 5.06 Å². The van der Waals surface area contributed by atoms with Crippen molar-refractivity contribution in [2.75, 3.05) is 47.3 Å². The molecular formula is C40H34Br5N5O5S2. The van der Waals surface area contributed by atoms with Gasteiger partial charge in [-0.3, -0.25) is 24.3 Å². The third-order valence-corrected chi connectivity index (χ3v) is 12.8. The Balaban J connectivity index is 0.000000190. The van der Waals surface area contributed by atoms with Crippen LogP contribution in [0.1, 0.15) is 4.88 Å². The Morgan fingerprint density at radius 3 is 1.74 bits per heavy atom. The summed E-state index contributed by atoms with van der Waals surface area (Å²) in [6.45, 7) is -0.00161. The lowest BCUT2D eigenvalue weighted by molar-refractivity contribution is -0.166. The lowest BCUT2D eigenvalue weighted by Gasteiger charge is -2.30. The smallest absolute Gasteiger partial charge is 0.331 e. The highest BCUT2D eigenvalue weighted by Crippen LogP contribution is 2.42. The van der Waals surface area contributed by atoms with Crippen LogP contribution in [-0.2, 0) is 15.4 Å². The minimum Gasteiger partial charge on any atom is -0.364 e. The highest BCUT2D eigenvalue weighted by Gasteiger charge is 2.51. The van der Waals surface area contributed by atoms with E-state index >= 15 is 0 Å². The first kappa shape index (κ1) is 44.7. The van der Waals surface area contributed by atoms with Gasteiger partial charge in [-0.25, -0.2) is 14.7 Å². The SMILES string of the molecule is Brc1cccs1.CON(C)C(=O)CN(C(=O)Nc1ccc(Br)cc1)c1ccc(Br)cc1.O=C1N(c2ccc(Br)cc2)CC(O)(c2cccs2)N1c1ccc(Br)cc1. The van der Waals surface area contributed by atoms with Crippen molar-refractivity contribution in [2.45, 2.75) is 5.72 Å². The number of β-amino-alcohol motifs (C(OH)–C–C–N with tert-alkyl or cyclic N) is 1. The van der Waals surface area contributed by atoms with Gasteiger partial charge in [0.15, 0.2) is 5.72 Å². The molecule has 0 bridgehead atoms. The molecule has 7 rings (SSSR count). The lowest BCUT2D eigenvalue weighted by Crippen LogP contribution is -2.44. The molecule has 2 aromatic heterocycles. The van der Waals surface area contributed by atoms with Crippen LogP contribution in [0.25, 0.3) is 0 Å². The molecular weight excluding hydrogens is 1090 g/mol. The van der Waals surface area contributed by atoms with Gasteiger partial charge in [-0.2, -0.15) is 0 Å². The van der Waals surface area contributed by atoms with Crippen molar-refractivity contribution in [1.29, 1.82) is 0 Å². The topological polar surface area (TPSA) is 106 Å². The average molecular weight is 1130 g/mol. The number of benzene rings is 4. The molecule has 2 N–H and O–H groups in total. The number of carbonyl (C=O) groups is 3. The number of carbonyl (C=O) groups excluding carboxylic acids is 3. The van der Waals surface area contributed by atoms with Gasteiger partial charge in [0.05, 0.1) is 22.3 Å². The fourth-order valence-electron chi connectivity index (χ4n) is 5.29. The van der Waals surface area contributed by atoms with Gasteiger partial charge in [-0.05, 0) is 136 Å². The molecule has 3 heterocycles. The summed E-state index contributed by atoms with van der Waals surface area (Å²) in [5.74, 6) is -0.351. The number of hydrogen-bond acceptors (Lipinski definition) is 7. The first-order chi connectivity index (χ1) is 27.3. The number of anilines is 4. The van der Waals surface area contributed by atoms with E-state index in [9.17, 15) is 19.5 Å². The zero-order valence-electron chi connectivity index (χ0n) is 30.2.